The second kappa shape index (κ2) is 8.48. The molecule has 1 aromatic carbocycles. The third-order valence-corrected chi connectivity index (χ3v) is 6.30. The van der Waals surface area contributed by atoms with E-state index in [9.17, 15) is 5.11 Å². The summed E-state index contributed by atoms with van der Waals surface area (Å²) in [6, 6.07) is 13.2. The van der Waals surface area contributed by atoms with Crippen LogP contribution in [0.5, 0.6) is 5.75 Å². The van der Waals surface area contributed by atoms with Crippen molar-refractivity contribution in [3.8, 4) is 5.75 Å². The Labute approximate surface area is 156 Å². The summed E-state index contributed by atoms with van der Waals surface area (Å²) in [5.41, 5.74) is 1.27. The molecule has 0 atom stereocenters. The van der Waals surface area contributed by atoms with Crippen LogP contribution < -0.4 is 4.74 Å². The monoisotopic (exact) mass is 409 g/mol. The maximum absolute atomic E-state index is 9.82. The van der Waals surface area contributed by atoms with E-state index in [2.05, 4.69) is 51.2 Å². The van der Waals surface area contributed by atoms with Gasteiger partial charge in [-0.1, -0.05) is 12.1 Å². The minimum Gasteiger partial charge on any atom is -0.497 e. The summed E-state index contributed by atoms with van der Waals surface area (Å²) in [7, 11) is 1.71. The lowest BCUT2D eigenvalue weighted by atomic mass is 9.91. The van der Waals surface area contributed by atoms with E-state index in [0.29, 0.717) is 6.04 Å². The molecule has 0 amide bonds. The fourth-order valence-corrected chi connectivity index (χ4v) is 4.89. The maximum Gasteiger partial charge on any atom is 0.119 e. The van der Waals surface area contributed by atoms with Crippen LogP contribution in [0.25, 0.3) is 0 Å². The van der Waals surface area contributed by atoms with Crippen molar-refractivity contribution in [1.29, 1.82) is 0 Å². The number of halogens is 1. The second-order valence-electron chi connectivity index (χ2n) is 6.42. The van der Waals surface area contributed by atoms with Gasteiger partial charge < -0.3 is 9.84 Å². The van der Waals surface area contributed by atoms with Crippen LogP contribution in [0.1, 0.15) is 36.1 Å². The zero-order valence-electron chi connectivity index (χ0n) is 14.0. The Balaban J connectivity index is 1.75. The molecule has 3 rings (SSSR count). The highest BCUT2D eigenvalue weighted by Gasteiger charge is 2.25. The first kappa shape index (κ1) is 17.9. The Hall–Kier alpha value is -0.880. The molecule has 1 aliphatic rings. The summed E-state index contributed by atoms with van der Waals surface area (Å²) in [4.78, 5) is 3.93. The standard InChI is InChI=1S/C19H24BrNO2S/c1-23-17-4-2-3-14(11-17)12-21(13-18-9-10-19(20)24-18)15-5-7-16(22)8-6-15/h2-4,9-11,15-16,22H,5-8,12-13H2,1H3. The highest BCUT2D eigenvalue weighted by molar-refractivity contribution is 9.11. The van der Waals surface area contributed by atoms with Gasteiger partial charge in [0.05, 0.1) is 17.0 Å². The fraction of sp³-hybridized carbons (Fsp3) is 0.474. The lowest BCUT2D eigenvalue weighted by Crippen LogP contribution is -2.38. The van der Waals surface area contributed by atoms with E-state index in [4.69, 9.17) is 4.74 Å². The highest BCUT2D eigenvalue weighted by atomic mass is 79.9. The molecular weight excluding hydrogens is 386 g/mol. The van der Waals surface area contributed by atoms with E-state index in [1.165, 1.54) is 14.2 Å². The minimum atomic E-state index is -0.115. The van der Waals surface area contributed by atoms with Crippen molar-refractivity contribution in [2.45, 2.75) is 50.9 Å². The number of benzene rings is 1. The van der Waals surface area contributed by atoms with Gasteiger partial charge in [-0.2, -0.15) is 0 Å². The Morgan fingerprint density at radius 3 is 2.62 bits per heavy atom. The first-order valence-electron chi connectivity index (χ1n) is 8.43. The number of methoxy groups -OCH3 is 1. The van der Waals surface area contributed by atoms with Crippen LogP contribution in [0.15, 0.2) is 40.2 Å². The molecule has 0 bridgehead atoms. The fourth-order valence-electron chi connectivity index (χ4n) is 3.38. The first-order chi connectivity index (χ1) is 11.6. The third kappa shape index (κ3) is 4.82. The molecule has 5 heteroatoms. The van der Waals surface area contributed by atoms with Gasteiger partial charge in [0.25, 0.3) is 0 Å². The summed E-state index contributed by atoms with van der Waals surface area (Å²) >= 11 is 5.36. The number of rotatable bonds is 6. The van der Waals surface area contributed by atoms with Crippen molar-refractivity contribution in [3.63, 3.8) is 0 Å². The summed E-state index contributed by atoms with van der Waals surface area (Å²) in [5, 5.41) is 9.82. The molecular formula is C19H24BrNO2S. The second-order valence-corrected chi connectivity index (χ2v) is 8.97. The number of nitrogens with zero attached hydrogens (tertiary/aromatic N) is 1. The molecule has 130 valence electrons. The molecule has 24 heavy (non-hydrogen) atoms. The van der Waals surface area contributed by atoms with Crippen molar-refractivity contribution in [2.24, 2.45) is 0 Å². The van der Waals surface area contributed by atoms with Crippen molar-refractivity contribution >= 4 is 27.3 Å². The molecule has 0 spiro atoms. The third-order valence-electron chi connectivity index (χ3n) is 4.69. The average molecular weight is 410 g/mol. The smallest absolute Gasteiger partial charge is 0.119 e. The highest BCUT2D eigenvalue weighted by Crippen LogP contribution is 2.29. The van der Waals surface area contributed by atoms with Crippen molar-refractivity contribution < 1.29 is 9.84 Å². The van der Waals surface area contributed by atoms with E-state index in [0.717, 1.165) is 44.5 Å². The summed E-state index contributed by atoms with van der Waals surface area (Å²) in [6.07, 6.45) is 3.84. The van der Waals surface area contributed by atoms with Gasteiger partial charge in [-0.25, -0.2) is 0 Å². The minimum absolute atomic E-state index is 0.115. The van der Waals surface area contributed by atoms with Gasteiger partial charge in [-0.15, -0.1) is 11.3 Å². The van der Waals surface area contributed by atoms with E-state index < -0.39 is 0 Å². The predicted molar refractivity (Wildman–Crippen MR) is 103 cm³/mol. The Bertz CT molecular complexity index is 652. The summed E-state index contributed by atoms with van der Waals surface area (Å²) in [6.45, 7) is 1.86. The van der Waals surface area contributed by atoms with E-state index in [1.807, 2.05) is 6.07 Å². The van der Waals surface area contributed by atoms with Gasteiger partial charge in [0.1, 0.15) is 5.75 Å². The van der Waals surface area contributed by atoms with Gasteiger partial charge in [0.2, 0.25) is 0 Å². The molecule has 1 heterocycles. The van der Waals surface area contributed by atoms with Gasteiger partial charge >= 0.3 is 0 Å². The van der Waals surface area contributed by atoms with E-state index >= 15 is 0 Å². The SMILES string of the molecule is COc1cccc(CN(Cc2ccc(Br)s2)C2CCC(O)CC2)c1. The number of ether oxygens (including phenoxy) is 1. The van der Waals surface area contributed by atoms with Gasteiger partial charge in [0.15, 0.2) is 0 Å². The molecule has 0 unspecified atom stereocenters. The van der Waals surface area contributed by atoms with Crippen LogP contribution in [0.3, 0.4) is 0 Å². The molecule has 1 saturated carbocycles. The Morgan fingerprint density at radius 2 is 1.96 bits per heavy atom. The van der Waals surface area contributed by atoms with Crippen molar-refractivity contribution in [3.05, 3.63) is 50.6 Å². The van der Waals surface area contributed by atoms with Gasteiger partial charge in [-0.05, 0) is 71.4 Å². The molecule has 0 aliphatic heterocycles. The molecule has 1 N–H and O–H groups in total. The number of aliphatic hydroxyl groups excluding tert-OH is 1. The Morgan fingerprint density at radius 1 is 1.17 bits per heavy atom. The molecule has 1 aliphatic carbocycles. The summed E-state index contributed by atoms with van der Waals surface area (Å²) < 4.78 is 6.54. The van der Waals surface area contributed by atoms with Crippen LogP contribution in [0.2, 0.25) is 0 Å². The summed E-state index contributed by atoms with van der Waals surface area (Å²) in [5.74, 6) is 0.908. The predicted octanol–water partition coefficient (Wildman–Crippen LogP) is 4.82. The van der Waals surface area contributed by atoms with Crippen LogP contribution in [0, 0.1) is 0 Å². The number of aliphatic hydroxyl groups is 1. The topological polar surface area (TPSA) is 32.7 Å². The van der Waals surface area contributed by atoms with Crippen LogP contribution in [0.4, 0.5) is 0 Å². The molecule has 1 aromatic heterocycles. The van der Waals surface area contributed by atoms with Gasteiger partial charge in [0, 0.05) is 24.0 Å². The normalized spacial score (nSPS) is 21.2. The number of hydrogen-bond donors (Lipinski definition) is 1. The largest absolute Gasteiger partial charge is 0.497 e. The first-order valence-corrected chi connectivity index (χ1v) is 10.0. The van der Waals surface area contributed by atoms with E-state index in [1.54, 1.807) is 18.4 Å². The zero-order chi connectivity index (χ0) is 16.9. The van der Waals surface area contributed by atoms with Crippen LogP contribution >= 0.6 is 27.3 Å². The van der Waals surface area contributed by atoms with Crippen molar-refractivity contribution in [2.75, 3.05) is 7.11 Å². The molecule has 0 saturated heterocycles. The van der Waals surface area contributed by atoms with Crippen LogP contribution in [-0.4, -0.2) is 29.3 Å². The Kier molecular flexibility index (Phi) is 6.33. The number of hydrogen-bond acceptors (Lipinski definition) is 4. The van der Waals surface area contributed by atoms with Crippen LogP contribution in [-0.2, 0) is 13.1 Å². The van der Waals surface area contributed by atoms with E-state index in [-0.39, 0.29) is 6.10 Å². The average Bonchev–Trinajstić information content (AvgIpc) is 3.00. The lowest BCUT2D eigenvalue weighted by Gasteiger charge is -2.35. The number of thiophene rings is 1. The molecule has 1 fully saturated rings. The molecule has 2 aromatic rings. The van der Waals surface area contributed by atoms with Crippen molar-refractivity contribution in [1.82, 2.24) is 4.90 Å². The van der Waals surface area contributed by atoms with Gasteiger partial charge in [-0.3, -0.25) is 4.90 Å². The lowest BCUT2D eigenvalue weighted by molar-refractivity contribution is 0.0670. The maximum atomic E-state index is 9.82. The zero-order valence-corrected chi connectivity index (χ0v) is 16.4. The molecule has 0 radical (unpaired) electrons. The molecule has 3 nitrogen and oxygen atoms in total. The quantitative estimate of drug-likeness (QED) is 0.741.